The number of benzene rings is 1. The van der Waals surface area contributed by atoms with Gasteiger partial charge in [-0.05, 0) is 32.4 Å². The second-order valence-corrected chi connectivity index (χ2v) is 4.42. The summed E-state index contributed by atoms with van der Waals surface area (Å²) in [4.78, 5) is 12.0. The van der Waals surface area contributed by atoms with Gasteiger partial charge in [0.05, 0.1) is 6.61 Å². The first kappa shape index (κ1) is 15.8. The smallest absolute Gasteiger partial charge is 0.262 e. The van der Waals surface area contributed by atoms with Crippen molar-refractivity contribution in [3.05, 3.63) is 35.4 Å². The fourth-order valence-electron chi connectivity index (χ4n) is 1.59. The van der Waals surface area contributed by atoms with Crippen molar-refractivity contribution < 1.29 is 9.53 Å². The van der Waals surface area contributed by atoms with Crippen molar-refractivity contribution in [3.8, 4) is 11.8 Å². The summed E-state index contributed by atoms with van der Waals surface area (Å²) in [6.45, 7) is 6.30. The van der Waals surface area contributed by atoms with E-state index < -0.39 is 0 Å². The van der Waals surface area contributed by atoms with Crippen LogP contribution in [-0.2, 0) is 4.79 Å². The first-order valence-corrected chi connectivity index (χ1v) is 6.76. The van der Waals surface area contributed by atoms with Gasteiger partial charge in [0.1, 0.15) is 17.4 Å². The fourth-order valence-corrected chi connectivity index (χ4v) is 1.59. The first-order chi connectivity index (χ1) is 9.62. The molecule has 0 heterocycles. The average molecular weight is 272 g/mol. The predicted octanol–water partition coefficient (Wildman–Crippen LogP) is 2.91. The van der Waals surface area contributed by atoms with Crippen molar-refractivity contribution in [2.24, 2.45) is 0 Å². The molecule has 0 aromatic heterocycles. The van der Waals surface area contributed by atoms with Crippen LogP contribution in [0.1, 0.15) is 32.8 Å². The summed E-state index contributed by atoms with van der Waals surface area (Å²) < 4.78 is 5.48. The summed E-state index contributed by atoms with van der Waals surface area (Å²) in [5.74, 6) is 0.312. The van der Waals surface area contributed by atoms with Gasteiger partial charge in [0, 0.05) is 11.6 Å². The molecule has 0 saturated heterocycles. The number of para-hydroxylation sites is 1. The summed E-state index contributed by atoms with van der Waals surface area (Å²) in [6, 6.07) is 9.32. The van der Waals surface area contributed by atoms with Crippen LogP contribution in [0.3, 0.4) is 0 Å². The van der Waals surface area contributed by atoms with Gasteiger partial charge in [0.25, 0.3) is 5.91 Å². The molecular weight excluding hydrogens is 252 g/mol. The lowest BCUT2D eigenvalue weighted by Crippen LogP contribution is -2.32. The van der Waals surface area contributed by atoms with Crippen LogP contribution in [0.15, 0.2) is 29.8 Å². The Bertz CT molecular complexity index is 530. The molecule has 0 aliphatic rings. The van der Waals surface area contributed by atoms with Crippen molar-refractivity contribution in [2.45, 2.75) is 33.2 Å². The van der Waals surface area contributed by atoms with Gasteiger partial charge >= 0.3 is 0 Å². The normalized spacial score (nSPS) is 12.4. The zero-order valence-electron chi connectivity index (χ0n) is 12.1. The van der Waals surface area contributed by atoms with Crippen molar-refractivity contribution in [3.63, 3.8) is 0 Å². The van der Waals surface area contributed by atoms with Crippen molar-refractivity contribution in [1.82, 2.24) is 5.32 Å². The molecule has 1 N–H and O–H groups in total. The highest BCUT2D eigenvalue weighted by molar-refractivity contribution is 6.02. The van der Waals surface area contributed by atoms with E-state index in [-0.39, 0.29) is 17.5 Å². The van der Waals surface area contributed by atoms with E-state index in [0.29, 0.717) is 12.4 Å². The number of rotatable bonds is 6. The molecule has 1 rings (SSSR count). The van der Waals surface area contributed by atoms with Gasteiger partial charge in [-0.15, -0.1) is 0 Å². The van der Waals surface area contributed by atoms with E-state index in [1.807, 2.05) is 51.1 Å². The van der Waals surface area contributed by atoms with Crippen LogP contribution in [0.25, 0.3) is 6.08 Å². The zero-order chi connectivity index (χ0) is 15.0. The lowest BCUT2D eigenvalue weighted by atomic mass is 10.1. The second-order valence-electron chi connectivity index (χ2n) is 4.42. The Morgan fingerprint density at radius 2 is 2.15 bits per heavy atom. The van der Waals surface area contributed by atoms with E-state index in [2.05, 4.69) is 5.32 Å². The maximum absolute atomic E-state index is 12.0. The van der Waals surface area contributed by atoms with E-state index >= 15 is 0 Å². The number of nitrogens with one attached hydrogen (secondary N) is 1. The molecule has 106 valence electrons. The molecule has 1 aromatic rings. The monoisotopic (exact) mass is 272 g/mol. The molecule has 1 aromatic carbocycles. The molecule has 4 nitrogen and oxygen atoms in total. The van der Waals surface area contributed by atoms with Gasteiger partial charge < -0.3 is 10.1 Å². The Morgan fingerprint density at radius 1 is 1.45 bits per heavy atom. The van der Waals surface area contributed by atoms with Crippen LogP contribution in [0.5, 0.6) is 5.75 Å². The van der Waals surface area contributed by atoms with E-state index in [1.165, 1.54) is 0 Å². The Kier molecular flexibility index (Phi) is 6.31. The van der Waals surface area contributed by atoms with E-state index in [9.17, 15) is 4.79 Å². The molecule has 0 saturated carbocycles. The highest BCUT2D eigenvalue weighted by Crippen LogP contribution is 2.21. The molecule has 20 heavy (non-hydrogen) atoms. The largest absolute Gasteiger partial charge is 0.493 e. The van der Waals surface area contributed by atoms with Crippen molar-refractivity contribution in [1.29, 1.82) is 5.26 Å². The molecule has 4 heteroatoms. The van der Waals surface area contributed by atoms with E-state index in [1.54, 1.807) is 6.08 Å². The molecule has 1 amide bonds. The number of amides is 1. The van der Waals surface area contributed by atoms with E-state index in [4.69, 9.17) is 10.00 Å². The van der Waals surface area contributed by atoms with Gasteiger partial charge in [0.2, 0.25) is 0 Å². The topological polar surface area (TPSA) is 62.1 Å². The van der Waals surface area contributed by atoms with Gasteiger partial charge in [0.15, 0.2) is 0 Å². The zero-order valence-corrected chi connectivity index (χ0v) is 12.1. The number of nitriles is 1. The average Bonchev–Trinajstić information content (AvgIpc) is 2.46. The molecular formula is C16H20N2O2. The number of carbonyl (C=O) groups excluding carboxylic acids is 1. The summed E-state index contributed by atoms with van der Waals surface area (Å²) >= 11 is 0. The SMILES string of the molecule is CCOc1ccccc1/C=C(\C#N)C(=O)N[C@H](C)CC. The summed E-state index contributed by atoms with van der Waals surface area (Å²) in [6.07, 6.45) is 2.38. The second kappa shape index (κ2) is 8.00. The first-order valence-electron chi connectivity index (χ1n) is 6.76. The van der Waals surface area contributed by atoms with Gasteiger partial charge in [-0.1, -0.05) is 25.1 Å². The molecule has 0 unspecified atom stereocenters. The molecule has 0 aliphatic heterocycles. The molecule has 0 spiro atoms. The molecule has 0 aliphatic carbocycles. The van der Waals surface area contributed by atoms with Crippen molar-refractivity contribution in [2.75, 3.05) is 6.61 Å². The number of carbonyl (C=O) groups is 1. The third-order valence-electron chi connectivity index (χ3n) is 2.87. The Hall–Kier alpha value is -2.28. The van der Waals surface area contributed by atoms with Gasteiger partial charge in [-0.3, -0.25) is 4.79 Å². The fraction of sp³-hybridized carbons (Fsp3) is 0.375. The standard InChI is InChI=1S/C16H20N2O2/c1-4-12(3)18-16(19)14(11-17)10-13-8-6-7-9-15(13)20-5-2/h6-10,12H,4-5H2,1-3H3,(H,18,19)/b14-10+/t12-/m1/s1. The van der Waals surface area contributed by atoms with Crippen molar-refractivity contribution >= 4 is 12.0 Å². The van der Waals surface area contributed by atoms with Gasteiger partial charge in [-0.25, -0.2) is 0 Å². The summed E-state index contributed by atoms with van der Waals surface area (Å²) in [5.41, 5.74) is 0.808. The van der Waals surface area contributed by atoms with E-state index in [0.717, 1.165) is 12.0 Å². The minimum absolute atomic E-state index is 0.0429. The maximum atomic E-state index is 12.0. The minimum Gasteiger partial charge on any atom is -0.493 e. The maximum Gasteiger partial charge on any atom is 0.262 e. The number of hydrogen-bond acceptors (Lipinski definition) is 3. The van der Waals surface area contributed by atoms with Crippen LogP contribution in [-0.4, -0.2) is 18.6 Å². The highest BCUT2D eigenvalue weighted by Gasteiger charge is 2.12. The quantitative estimate of drug-likeness (QED) is 0.639. The Balaban J connectivity index is 3.00. The number of ether oxygens (including phenoxy) is 1. The Labute approximate surface area is 120 Å². The number of hydrogen-bond donors (Lipinski definition) is 1. The van der Waals surface area contributed by atoms with Crippen LogP contribution in [0.4, 0.5) is 0 Å². The number of nitrogens with zero attached hydrogens (tertiary/aromatic N) is 1. The van der Waals surface area contributed by atoms with Crippen LogP contribution >= 0.6 is 0 Å². The van der Waals surface area contributed by atoms with Crippen LogP contribution in [0, 0.1) is 11.3 Å². The summed E-state index contributed by atoms with van der Waals surface area (Å²) in [7, 11) is 0. The lowest BCUT2D eigenvalue weighted by molar-refractivity contribution is -0.117. The molecule has 0 radical (unpaired) electrons. The van der Waals surface area contributed by atoms with Crippen LogP contribution < -0.4 is 10.1 Å². The molecule has 0 fully saturated rings. The van der Waals surface area contributed by atoms with Gasteiger partial charge in [-0.2, -0.15) is 5.26 Å². The van der Waals surface area contributed by atoms with Crippen LogP contribution in [0.2, 0.25) is 0 Å². The highest BCUT2D eigenvalue weighted by atomic mass is 16.5. The Morgan fingerprint density at radius 3 is 2.75 bits per heavy atom. The lowest BCUT2D eigenvalue weighted by Gasteiger charge is -2.11. The third-order valence-corrected chi connectivity index (χ3v) is 2.87. The molecule has 1 atom stereocenters. The third kappa shape index (κ3) is 4.43. The minimum atomic E-state index is -0.354. The summed E-state index contributed by atoms with van der Waals surface area (Å²) in [5, 5.41) is 11.9. The molecule has 0 bridgehead atoms. The predicted molar refractivity (Wildman–Crippen MR) is 79.1 cm³/mol.